The van der Waals surface area contributed by atoms with Crippen molar-refractivity contribution in [1.29, 1.82) is 0 Å². The molecule has 1 aliphatic heterocycles. The van der Waals surface area contributed by atoms with E-state index < -0.39 is 11.7 Å². The lowest BCUT2D eigenvalue weighted by atomic mass is 9.91. The van der Waals surface area contributed by atoms with Crippen LogP contribution >= 0.6 is 0 Å². The van der Waals surface area contributed by atoms with Crippen LogP contribution in [-0.2, 0) is 4.74 Å². The molecule has 0 spiro atoms. The molecule has 4 rings (SSSR count). The van der Waals surface area contributed by atoms with Gasteiger partial charge in [0.15, 0.2) is 5.82 Å². The van der Waals surface area contributed by atoms with E-state index in [0.717, 1.165) is 48.4 Å². The van der Waals surface area contributed by atoms with Gasteiger partial charge in [0.05, 0.1) is 12.8 Å². The van der Waals surface area contributed by atoms with Gasteiger partial charge in [-0.25, -0.2) is 14.3 Å². The maximum atomic E-state index is 12.3. The molecule has 0 bridgehead atoms. The fraction of sp³-hybridized carbons (Fsp3) is 0.480. The molecule has 1 saturated heterocycles. The molecule has 1 aromatic carbocycles. The number of piperidine rings is 1. The summed E-state index contributed by atoms with van der Waals surface area (Å²) in [6.45, 7) is 9.30. The minimum absolute atomic E-state index is 0.190. The molecule has 35 heavy (non-hydrogen) atoms. The van der Waals surface area contributed by atoms with Gasteiger partial charge in [0, 0.05) is 24.7 Å². The van der Waals surface area contributed by atoms with Crippen molar-refractivity contribution in [3.63, 3.8) is 0 Å². The summed E-state index contributed by atoms with van der Waals surface area (Å²) in [6.07, 6.45) is 2.98. The predicted octanol–water partition coefficient (Wildman–Crippen LogP) is 3.90. The Kier molecular flexibility index (Phi) is 6.75. The van der Waals surface area contributed by atoms with Crippen molar-refractivity contribution in [2.75, 3.05) is 36.1 Å². The van der Waals surface area contributed by atoms with Gasteiger partial charge < -0.3 is 25.8 Å². The zero-order chi connectivity index (χ0) is 25.3. The van der Waals surface area contributed by atoms with Gasteiger partial charge in [0.25, 0.3) is 0 Å². The average molecular weight is 482 g/mol. The van der Waals surface area contributed by atoms with Crippen molar-refractivity contribution in [2.45, 2.75) is 52.2 Å². The van der Waals surface area contributed by atoms with E-state index in [0.29, 0.717) is 23.2 Å². The molecule has 3 heterocycles. The number of ether oxygens (including phenoxy) is 2. The Bertz CT molecular complexity index is 1210. The number of hydrogen-bond acceptors (Lipinski definition) is 8. The molecule has 5 N–H and O–H groups in total. The number of anilines is 3. The zero-order valence-corrected chi connectivity index (χ0v) is 21.0. The lowest BCUT2D eigenvalue weighted by molar-refractivity contribution is 0.0635. The molecular weight excluding hydrogens is 446 g/mol. The monoisotopic (exact) mass is 481 g/mol. The Hall–Kier alpha value is -3.53. The van der Waals surface area contributed by atoms with Gasteiger partial charge >= 0.3 is 6.09 Å². The first-order chi connectivity index (χ1) is 16.6. The van der Waals surface area contributed by atoms with E-state index in [-0.39, 0.29) is 6.04 Å². The molecule has 188 valence electrons. The minimum atomic E-state index is -0.604. The lowest BCUT2D eigenvalue weighted by Crippen LogP contribution is -2.40. The molecule has 1 amide bonds. The maximum absolute atomic E-state index is 12.3. The summed E-state index contributed by atoms with van der Waals surface area (Å²) in [5, 5.41) is 7.26. The Morgan fingerprint density at radius 2 is 1.94 bits per heavy atom. The second-order valence-electron chi connectivity index (χ2n) is 10.0. The molecule has 2 aromatic heterocycles. The largest absolute Gasteiger partial charge is 0.495 e. The smallest absolute Gasteiger partial charge is 0.412 e. The Morgan fingerprint density at radius 3 is 2.57 bits per heavy atom. The van der Waals surface area contributed by atoms with Crippen molar-refractivity contribution in [3.05, 3.63) is 30.6 Å². The third-order valence-electron chi connectivity index (χ3n) is 6.32. The van der Waals surface area contributed by atoms with Crippen molar-refractivity contribution >= 4 is 28.9 Å². The quantitative estimate of drug-likeness (QED) is 0.500. The second-order valence-corrected chi connectivity index (χ2v) is 10.0. The van der Waals surface area contributed by atoms with Crippen LogP contribution in [0.2, 0.25) is 0 Å². The third-order valence-corrected chi connectivity index (χ3v) is 6.32. The van der Waals surface area contributed by atoms with E-state index in [9.17, 15) is 4.79 Å². The number of carbonyl (C=O) groups excluding carboxylic acids is 1. The van der Waals surface area contributed by atoms with Crippen LogP contribution < -0.4 is 26.4 Å². The molecule has 0 radical (unpaired) electrons. The van der Waals surface area contributed by atoms with Crippen molar-refractivity contribution < 1.29 is 14.3 Å². The van der Waals surface area contributed by atoms with Crippen LogP contribution in [0.5, 0.6) is 5.75 Å². The highest BCUT2D eigenvalue weighted by Crippen LogP contribution is 2.38. The Balaban J connectivity index is 1.69. The van der Waals surface area contributed by atoms with Gasteiger partial charge in [-0.1, -0.05) is 6.07 Å². The lowest BCUT2D eigenvalue weighted by Gasteiger charge is -2.34. The molecule has 0 saturated carbocycles. The number of nitrogens with one attached hydrogen (secondary N) is 1. The van der Waals surface area contributed by atoms with E-state index in [1.54, 1.807) is 13.2 Å². The first-order valence-corrected chi connectivity index (χ1v) is 11.9. The van der Waals surface area contributed by atoms with Crippen LogP contribution in [0.1, 0.15) is 40.5 Å². The van der Waals surface area contributed by atoms with E-state index in [2.05, 4.69) is 33.3 Å². The van der Waals surface area contributed by atoms with Crippen molar-refractivity contribution in [3.8, 4) is 16.9 Å². The number of fused-ring (bicyclic) bond motifs is 1. The molecule has 1 fully saturated rings. The van der Waals surface area contributed by atoms with Crippen LogP contribution in [0.25, 0.3) is 16.6 Å². The molecule has 1 unspecified atom stereocenters. The third kappa shape index (κ3) is 5.27. The predicted molar refractivity (Wildman–Crippen MR) is 138 cm³/mol. The number of aromatic nitrogens is 3. The van der Waals surface area contributed by atoms with Crippen molar-refractivity contribution in [2.24, 2.45) is 11.7 Å². The molecular formula is C25H35N7O3. The van der Waals surface area contributed by atoms with Gasteiger partial charge in [0.2, 0.25) is 0 Å². The molecule has 0 aliphatic carbocycles. The highest BCUT2D eigenvalue weighted by Gasteiger charge is 2.26. The fourth-order valence-electron chi connectivity index (χ4n) is 4.53. The van der Waals surface area contributed by atoms with Gasteiger partial charge in [-0.2, -0.15) is 5.10 Å². The van der Waals surface area contributed by atoms with Crippen LogP contribution in [0.4, 0.5) is 22.1 Å². The average Bonchev–Trinajstić information content (AvgIpc) is 3.19. The SMILES string of the molecule is COc1cc(-c2cc(N3CCC(C(C)N)CC3)n3ncnc(N)c23)ccc1NC(=O)OC(C)(C)C. The summed E-state index contributed by atoms with van der Waals surface area (Å²) in [4.78, 5) is 18.8. The van der Waals surface area contributed by atoms with Crippen LogP contribution in [0.15, 0.2) is 30.6 Å². The van der Waals surface area contributed by atoms with Crippen LogP contribution in [-0.4, -0.2) is 52.5 Å². The van der Waals surface area contributed by atoms with Gasteiger partial charge in [-0.05, 0) is 70.2 Å². The summed E-state index contributed by atoms with van der Waals surface area (Å²) in [7, 11) is 1.56. The summed E-state index contributed by atoms with van der Waals surface area (Å²) >= 11 is 0. The number of rotatable bonds is 5. The summed E-state index contributed by atoms with van der Waals surface area (Å²) in [5.41, 5.74) is 14.8. The number of nitrogen functional groups attached to an aromatic ring is 1. The Labute approximate surface area is 205 Å². The van der Waals surface area contributed by atoms with Gasteiger partial charge in [-0.15, -0.1) is 0 Å². The van der Waals surface area contributed by atoms with Gasteiger partial charge in [0.1, 0.15) is 29.0 Å². The number of amides is 1. The van der Waals surface area contributed by atoms with Gasteiger partial charge in [-0.3, -0.25) is 5.32 Å². The highest BCUT2D eigenvalue weighted by molar-refractivity contribution is 5.93. The number of methoxy groups -OCH3 is 1. The molecule has 3 aromatic rings. The first kappa shape index (κ1) is 24.6. The number of carbonyl (C=O) groups is 1. The normalized spacial score (nSPS) is 15.8. The summed E-state index contributed by atoms with van der Waals surface area (Å²) in [6, 6.07) is 7.83. The maximum Gasteiger partial charge on any atom is 0.412 e. The minimum Gasteiger partial charge on any atom is -0.495 e. The van der Waals surface area contributed by atoms with Crippen molar-refractivity contribution in [1.82, 2.24) is 14.6 Å². The molecule has 10 nitrogen and oxygen atoms in total. The van der Waals surface area contributed by atoms with E-state index in [1.807, 2.05) is 37.4 Å². The molecule has 1 atom stereocenters. The second kappa shape index (κ2) is 9.61. The standard InChI is InChI=1S/C25H35N7O3/c1-15(26)16-8-10-31(11-9-16)21-13-18(22-23(27)28-14-29-32(21)22)17-6-7-19(20(12-17)34-5)30-24(33)35-25(2,3)4/h6-7,12-16H,8-11,26H2,1-5H3,(H,30,33)(H2,27,28,29). The van der Waals surface area contributed by atoms with E-state index in [1.165, 1.54) is 6.33 Å². The Morgan fingerprint density at radius 1 is 1.23 bits per heavy atom. The number of nitrogens with zero attached hydrogens (tertiary/aromatic N) is 4. The van der Waals surface area contributed by atoms with E-state index >= 15 is 0 Å². The molecule has 1 aliphatic rings. The number of hydrogen-bond donors (Lipinski definition) is 3. The number of nitrogens with two attached hydrogens (primary N) is 2. The highest BCUT2D eigenvalue weighted by atomic mass is 16.6. The first-order valence-electron chi connectivity index (χ1n) is 11.9. The zero-order valence-electron chi connectivity index (χ0n) is 21.0. The number of benzene rings is 1. The summed E-state index contributed by atoms with van der Waals surface area (Å²) in [5.74, 6) is 2.37. The summed E-state index contributed by atoms with van der Waals surface area (Å²) < 4.78 is 12.8. The van der Waals surface area contributed by atoms with Crippen LogP contribution in [0, 0.1) is 5.92 Å². The topological polar surface area (TPSA) is 133 Å². The van der Waals surface area contributed by atoms with Crippen LogP contribution in [0.3, 0.4) is 0 Å². The van der Waals surface area contributed by atoms with E-state index in [4.69, 9.17) is 20.9 Å². The molecule has 10 heteroatoms. The fourth-order valence-corrected chi connectivity index (χ4v) is 4.53.